The predicted molar refractivity (Wildman–Crippen MR) is 123 cm³/mol. The molecule has 1 saturated heterocycles. The summed E-state index contributed by atoms with van der Waals surface area (Å²) in [5, 5.41) is 0.0627. The third-order valence-corrected chi connectivity index (χ3v) is 7.88. The molecule has 1 aliphatic heterocycles. The summed E-state index contributed by atoms with van der Waals surface area (Å²) < 4.78 is 48.4. The molecule has 0 aliphatic carbocycles. The summed E-state index contributed by atoms with van der Waals surface area (Å²) in [6.45, 7) is 5.95. The highest BCUT2D eigenvalue weighted by atomic mass is 32.2. The van der Waals surface area contributed by atoms with E-state index in [0.717, 1.165) is 25.9 Å². The number of aromatic nitrogens is 1. The summed E-state index contributed by atoms with van der Waals surface area (Å²) in [5.74, 6) is 0.463. The predicted octanol–water partition coefficient (Wildman–Crippen LogP) is 4.24. The number of aryl methyl sites for hydroxylation is 1. The van der Waals surface area contributed by atoms with Crippen LogP contribution in [0.5, 0.6) is 5.75 Å². The van der Waals surface area contributed by atoms with Crippen molar-refractivity contribution >= 4 is 26.4 Å². The van der Waals surface area contributed by atoms with E-state index >= 15 is 4.39 Å². The van der Waals surface area contributed by atoms with Crippen molar-refractivity contribution in [3.05, 3.63) is 58.6 Å². The Morgan fingerprint density at radius 2 is 1.91 bits per heavy atom. The molecular formula is C24H27FN2O4S. The number of benzene rings is 2. The van der Waals surface area contributed by atoms with E-state index in [0.29, 0.717) is 29.4 Å². The molecule has 2 heterocycles. The van der Waals surface area contributed by atoms with Gasteiger partial charge in [-0.05, 0) is 62.1 Å². The molecule has 0 bridgehead atoms. The standard InChI is InChI=1S/C24H27FN2O4S/c1-4-26-15-23(32(29,30)18-9-7-17(31-3)8-10-18)24(28)19-12-20(25)22(13-21(19)26)27-11-5-6-16(2)14-27/h7-10,12-13,15-16H,4-6,11,14H2,1-3H3/t16-/m0/s1. The number of hydrogen-bond acceptors (Lipinski definition) is 5. The lowest BCUT2D eigenvalue weighted by Crippen LogP contribution is -2.35. The van der Waals surface area contributed by atoms with Crippen molar-refractivity contribution in [3.63, 3.8) is 0 Å². The molecule has 0 spiro atoms. The van der Waals surface area contributed by atoms with Crippen LogP contribution in [0, 0.1) is 11.7 Å². The lowest BCUT2D eigenvalue weighted by Gasteiger charge is -2.33. The van der Waals surface area contributed by atoms with Gasteiger partial charge in [-0.2, -0.15) is 0 Å². The SMILES string of the molecule is CCn1cc(S(=O)(=O)c2ccc(OC)cc2)c(=O)c2cc(F)c(N3CCC[C@H](C)C3)cc21. The zero-order valence-electron chi connectivity index (χ0n) is 18.5. The van der Waals surface area contributed by atoms with Crippen LogP contribution in [0.1, 0.15) is 26.7 Å². The van der Waals surface area contributed by atoms with Crippen LogP contribution in [0.2, 0.25) is 0 Å². The molecule has 1 aliphatic rings. The van der Waals surface area contributed by atoms with E-state index in [9.17, 15) is 13.2 Å². The smallest absolute Gasteiger partial charge is 0.211 e. The monoisotopic (exact) mass is 458 g/mol. The van der Waals surface area contributed by atoms with Gasteiger partial charge in [-0.25, -0.2) is 12.8 Å². The topological polar surface area (TPSA) is 68.6 Å². The molecule has 1 fully saturated rings. The van der Waals surface area contributed by atoms with Gasteiger partial charge in [-0.3, -0.25) is 4.79 Å². The van der Waals surface area contributed by atoms with Gasteiger partial charge in [-0.1, -0.05) is 6.92 Å². The Hall–Kier alpha value is -2.87. The number of ether oxygens (including phenoxy) is 1. The molecule has 1 aromatic heterocycles. The minimum atomic E-state index is -4.09. The molecule has 8 heteroatoms. The second-order valence-corrected chi connectivity index (χ2v) is 10.2. The number of piperidine rings is 1. The van der Waals surface area contributed by atoms with E-state index in [1.807, 2.05) is 11.8 Å². The first-order valence-corrected chi connectivity index (χ1v) is 12.3. The molecule has 6 nitrogen and oxygen atoms in total. The van der Waals surface area contributed by atoms with Crippen LogP contribution >= 0.6 is 0 Å². The fourth-order valence-electron chi connectivity index (χ4n) is 4.36. The summed E-state index contributed by atoms with van der Waals surface area (Å²) in [7, 11) is -2.60. The molecule has 3 aromatic rings. The number of sulfone groups is 1. The van der Waals surface area contributed by atoms with Crippen LogP contribution in [0.4, 0.5) is 10.1 Å². The summed E-state index contributed by atoms with van der Waals surface area (Å²) in [6.07, 6.45) is 3.46. The van der Waals surface area contributed by atoms with Gasteiger partial charge >= 0.3 is 0 Å². The Morgan fingerprint density at radius 3 is 2.53 bits per heavy atom. The van der Waals surface area contributed by atoms with Crippen LogP contribution < -0.4 is 15.1 Å². The van der Waals surface area contributed by atoms with Gasteiger partial charge < -0.3 is 14.2 Å². The second kappa shape index (κ2) is 8.58. The molecular weight excluding hydrogens is 431 g/mol. The van der Waals surface area contributed by atoms with E-state index in [-0.39, 0.29) is 15.2 Å². The third kappa shape index (κ3) is 3.88. The molecule has 32 heavy (non-hydrogen) atoms. The Bertz CT molecular complexity index is 1320. The fourth-order valence-corrected chi connectivity index (χ4v) is 5.73. The largest absolute Gasteiger partial charge is 0.497 e. The summed E-state index contributed by atoms with van der Waals surface area (Å²) in [4.78, 5) is 14.9. The minimum Gasteiger partial charge on any atom is -0.497 e. The quantitative estimate of drug-likeness (QED) is 0.572. The molecule has 2 aromatic carbocycles. The molecule has 170 valence electrons. The molecule has 0 saturated carbocycles. The number of hydrogen-bond donors (Lipinski definition) is 0. The first kappa shape index (κ1) is 22.3. The molecule has 4 rings (SSSR count). The fraction of sp³-hybridized carbons (Fsp3) is 0.375. The summed E-state index contributed by atoms with van der Waals surface area (Å²) >= 11 is 0. The highest BCUT2D eigenvalue weighted by molar-refractivity contribution is 7.91. The van der Waals surface area contributed by atoms with Crippen LogP contribution in [0.3, 0.4) is 0 Å². The van der Waals surface area contributed by atoms with Gasteiger partial charge in [0.1, 0.15) is 16.5 Å². The normalized spacial score (nSPS) is 17.0. The average molecular weight is 459 g/mol. The maximum absolute atomic E-state index is 15.1. The Balaban J connectivity index is 1.88. The zero-order valence-corrected chi connectivity index (χ0v) is 19.3. The molecule has 1 atom stereocenters. The van der Waals surface area contributed by atoms with E-state index < -0.39 is 21.1 Å². The van der Waals surface area contributed by atoms with Gasteiger partial charge in [0.25, 0.3) is 0 Å². The third-order valence-electron chi connectivity index (χ3n) is 6.11. The molecule has 0 amide bonds. The number of methoxy groups -OCH3 is 1. The van der Waals surface area contributed by atoms with E-state index in [1.165, 1.54) is 43.6 Å². The van der Waals surface area contributed by atoms with Gasteiger partial charge in [0.05, 0.1) is 28.6 Å². The van der Waals surface area contributed by atoms with Crippen LogP contribution in [0.15, 0.2) is 57.2 Å². The lowest BCUT2D eigenvalue weighted by molar-refractivity contribution is 0.414. The average Bonchev–Trinajstić information content (AvgIpc) is 2.79. The van der Waals surface area contributed by atoms with Gasteiger partial charge in [0.2, 0.25) is 15.3 Å². The Labute approximate surface area is 187 Å². The number of pyridine rings is 1. The molecule has 0 N–H and O–H groups in total. The van der Waals surface area contributed by atoms with Gasteiger partial charge in [0, 0.05) is 25.8 Å². The number of anilines is 1. The molecule has 0 unspecified atom stereocenters. The van der Waals surface area contributed by atoms with Crippen molar-refractivity contribution < 1.29 is 17.5 Å². The highest BCUT2D eigenvalue weighted by Crippen LogP contribution is 2.30. The van der Waals surface area contributed by atoms with Crippen LogP contribution in [-0.4, -0.2) is 33.2 Å². The first-order chi connectivity index (χ1) is 15.3. The van der Waals surface area contributed by atoms with E-state index in [1.54, 1.807) is 10.6 Å². The number of halogens is 1. The van der Waals surface area contributed by atoms with E-state index in [2.05, 4.69) is 6.92 Å². The van der Waals surface area contributed by atoms with Gasteiger partial charge in [-0.15, -0.1) is 0 Å². The van der Waals surface area contributed by atoms with Crippen LogP contribution in [0.25, 0.3) is 10.9 Å². The maximum atomic E-state index is 15.1. The number of fused-ring (bicyclic) bond motifs is 1. The lowest BCUT2D eigenvalue weighted by atomic mass is 9.99. The van der Waals surface area contributed by atoms with Crippen molar-refractivity contribution in [2.75, 3.05) is 25.1 Å². The second-order valence-electron chi connectivity index (χ2n) is 8.30. The molecule has 0 radical (unpaired) electrons. The van der Waals surface area contributed by atoms with Crippen molar-refractivity contribution in [2.45, 2.75) is 43.0 Å². The summed E-state index contributed by atoms with van der Waals surface area (Å²) in [5.41, 5.74) is 0.287. The van der Waals surface area contributed by atoms with Crippen molar-refractivity contribution in [1.82, 2.24) is 4.57 Å². The zero-order chi connectivity index (χ0) is 23.0. The van der Waals surface area contributed by atoms with Crippen molar-refractivity contribution in [2.24, 2.45) is 5.92 Å². The highest BCUT2D eigenvalue weighted by Gasteiger charge is 2.26. The number of rotatable bonds is 5. The Morgan fingerprint density at radius 1 is 1.19 bits per heavy atom. The van der Waals surface area contributed by atoms with Gasteiger partial charge in [0.15, 0.2) is 0 Å². The first-order valence-electron chi connectivity index (χ1n) is 10.8. The maximum Gasteiger partial charge on any atom is 0.211 e. The Kier molecular flexibility index (Phi) is 5.99. The minimum absolute atomic E-state index is 0.0169. The summed E-state index contributed by atoms with van der Waals surface area (Å²) in [6, 6.07) is 8.71. The van der Waals surface area contributed by atoms with Crippen molar-refractivity contribution in [3.8, 4) is 5.75 Å². The van der Waals surface area contributed by atoms with E-state index in [4.69, 9.17) is 4.74 Å². The number of nitrogens with zero attached hydrogens (tertiary/aromatic N) is 2. The van der Waals surface area contributed by atoms with Crippen LogP contribution in [-0.2, 0) is 16.4 Å². The van der Waals surface area contributed by atoms with Crippen molar-refractivity contribution in [1.29, 1.82) is 0 Å².